The predicted molar refractivity (Wildman–Crippen MR) is 42.1 cm³/mol. The molecule has 0 aromatic rings. The minimum Gasteiger partial charge on any atom is -0.396 e. The SMILES string of the molecule is COS(=O)(=O)C(C)CCO.N. The molecule has 5 nitrogen and oxygen atoms in total. The molecule has 0 spiro atoms. The Morgan fingerprint density at radius 1 is 1.55 bits per heavy atom. The zero-order valence-electron chi connectivity index (χ0n) is 6.78. The summed E-state index contributed by atoms with van der Waals surface area (Å²) in [6.07, 6.45) is 0.218. The lowest BCUT2D eigenvalue weighted by Gasteiger charge is -2.07. The fraction of sp³-hybridized carbons (Fsp3) is 1.00. The van der Waals surface area contributed by atoms with E-state index >= 15 is 0 Å². The van der Waals surface area contributed by atoms with Gasteiger partial charge in [0.1, 0.15) is 0 Å². The van der Waals surface area contributed by atoms with E-state index in [9.17, 15) is 8.42 Å². The summed E-state index contributed by atoms with van der Waals surface area (Å²) in [6, 6.07) is 0. The monoisotopic (exact) mass is 185 g/mol. The molecule has 0 saturated carbocycles. The number of hydrogen-bond acceptors (Lipinski definition) is 5. The molecule has 4 N–H and O–H groups in total. The van der Waals surface area contributed by atoms with Crippen LogP contribution in [0.15, 0.2) is 0 Å². The van der Waals surface area contributed by atoms with Crippen molar-refractivity contribution in [3.8, 4) is 0 Å². The summed E-state index contributed by atoms with van der Waals surface area (Å²) in [5, 5.41) is 7.75. The molecule has 0 fully saturated rings. The fourth-order valence-electron chi connectivity index (χ4n) is 0.490. The third kappa shape index (κ3) is 4.31. The Morgan fingerprint density at radius 2 is 2.00 bits per heavy atom. The molecule has 70 valence electrons. The molecular formula is C5H15NO4S. The van der Waals surface area contributed by atoms with E-state index in [1.807, 2.05) is 0 Å². The van der Waals surface area contributed by atoms with Crippen LogP contribution in [-0.4, -0.2) is 32.5 Å². The van der Waals surface area contributed by atoms with Crippen LogP contribution < -0.4 is 6.15 Å². The molecule has 0 heterocycles. The van der Waals surface area contributed by atoms with E-state index in [-0.39, 0.29) is 19.2 Å². The van der Waals surface area contributed by atoms with Gasteiger partial charge in [-0.05, 0) is 13.3 Å². The van der Waals surface area contributed by atoms with Crippen molar-refractivity contribution in [2.45, 2.75) is 18.6 Å². The van der Waals surface area contributed by atoms with E-state index in [0.717, 1.165) is 7.11 Å². The smallest absolute Gasteiger partial charge is 0.269 e. The lowest BCUT2D eigenvalue weighted by Crippen LogP contribution is -2.19. The molecule has 1 atom stereocenters. The molecule has 0 aromatic heterocycles. The third-order valence-electron chi connectivity index (χ3n) is 1.26. The van der Waals surface area contributed by atoms with Gasteiger partial charge in [-0.1, -0.05) is 0 Å². The second-order valence-electron chi connectivity index (χ2n) is 1.98. The molecule has 0 radical (unpaired) electrons. The second-order valence-corrected chi connectivity index (χ2v) is 4.11. The highest BCUT2D eigenvalue weighted by Crippen LogP contribution is 2.05. The Hall–Kier alpha value is -0.170. The van der Waals surface area contributed by atoms with Crippen LogP contribution in [0.5, 0.6) is 0 Å². The van der Waals surface area contributed by atoms with Gasteiger partial charge in [0.15, 0.2) is 0 Å². The van der Waals surface area contributed by atoms with Crippen molar-refractivity contribution in [3.05, 3.63) is 0 Å². The third-order valence-corrected chi connectivity index (χ3v) is 2.95. The van der Waals surface area contributed by atoms with Crippen LogP contribution in [0.4, 0.5) is 0 Å². The first-order valence-corrected chi connectivity index (χ1v) is 4.42. The number of aliphatic hydroxyl groups excluding tert-OH is 1. The summed E-state index contributed by atoms with van der Waals surface area (Å²) in [4.78, 5) is 0. The molecule has 0 aliphatic heterocycles. The molecule has 0 aliphatic rings. The largest absolute Gasteiger partial charge is 0.396 e. The average Bonchev–Trinajstić information content (AvgIpc) is 1.89. The normalized spacial score (nSPS) is 13.7. The van der Waals surface area contributed by atoms with Gasteiger partial charge in [-0.15, -0.1) is 0 Å². The maximum atomic E-state index is 10.8. The van der Waals surface area contributed by atoms with Gasteiger partial charge >= 0.3 is 0 Å². The first-order valence-electron chi connectivity index (χ1n) is 2.95. The molecule has 11 heavy (non-hydrogen) atoms. The first kappa shape index (κ1) is 13.4. The molecule has 0 bridgehead atoms. The van der Waals surface area contributed by atoms with E-state index in [0.29, 0.717) is 0 Å². The summed E-state index contributed by atoms with van der Waals surface area (Å²) in [6.45, 7) is 1.36. The highest BCUT2D eigenvalue weighted by molar-refractivity contribution is 7.87. The van der Waals surface area contributed by atoms with E-state index in [4.69, 9.17) is 5.11 Å². The lowest BCUT2D eigenvalue weighted by atomic mass is 10.4. The number of aliphatic hydroxyl groups is 1. The van der Waals surface area contributed by atoms with E-state index in [2.05, 4.69) is 4.18 Å². The van der Waals surface area contributed by atoms with Gasteiger partial charge < -0.3 is 11.3 Å². The highest BCUT2D eigenvalue weighted by Gasteiger charge is 2.18. The van der Waals surface area contributed by atoms with Crippen molar-refractivity contribution >= 4 is 10.1 Å². The Bertz CT molecular complexity index is 177. The maximum Gasteiger partial charge on any atom is 0.269 e. The van der Waals surface area contributed by atoms with Crippen molar-refractivity contribution < 1.29 is 17.7 Å². The molecule has 0 saturated heterocycles. The molecule has 0 amide bonds. The van der Waals surface area contributed by atoms with E-state index < -0.39 is 15.4 Å². The van der Waals surface area contributed by atoms with Crippen LogP contribution in [-0.2, 0) is 14.3 Å². The minimum absolute atomic E-state index is 0. The van der Waals surface area contributed by atoms with Crippen LogP contribution in [0.3, 0.4) is 0 Å². The van der Waals surface area contributed by atoms with Crippen LogP contribution in [0.2, 0.25) is 0 Å². The van der Waals surface area contributed by atoms with Crippen LogP contribution in [0.25, 0.3) is 0 Å². The van der Waals surface area contributed by atoms with Crippen molar-refractivity contribution in [2.24, 2.45) is 0 Å². The topological polar surface area (TPSA) is 98.6 Å². The average molecular weight is 185 g/mol. The Kier molecular flexibility index (Phi) is 6.68. The summed E-state index contributed by atoms with van der Waals surface area (Å²) in [5.41, 5.74) is 0. The molecule has 0 rings (SSSR count). The van der Waals surface area contributed by atoms with Gasteiger partial charge in [0.2, 0.25) is 0 Å². The van der Waals surface area contributed by atoms with Crippen LogP contribution >= 0.6 is 0 Å². The van der Waals surface area contributed by atoms with Gasteiger partial charge in [-0.2, -0.15) is 8.42 Å². The van der Waals surface area contributed by atoms with Crippen molar-refractivity contribution in [3.63, 3.8) is 0 Å². The highest BCUT2D eigenvalue weighted by atomic mass is 32.2. The van der Waals surface area contributed by atoms with Crippen molar-refractivity contribution in [2.75, 3.05) is 13.7 Å². The van der Waals surface area contributed by atoms with Gasteiger partial charge in [-0.3, -0.25) is 4.18 Å². The maximum absolute atomic E-state index is 10.8. The summed E-state index contributed by atoms with van der Waals surface area (Å²) in [7, 11) is -2.31. The van der Waals surface area contributed by atoms with Gasteiger partial charge in [0, 0.05) is 6.61 Å². The molecular weight excluding hydrogens is 170 g/mol. The van der Waals surface area contributed by atoms with Gasteiger partial charge in [-0.25, -0.2) is 0 Å². The van der Waals surface area contributed by atoms with Crippen LogP contribution in [0.1, 0.15) is 13.3 Å². The first-order chi connectivity index (χ1) is 4.54. The Labute approximate surface area is 67.1 Å². The zero-order valence-corrected chi connectivity index (χ0v) is 7.60. The summed E-state index contributed by atoms with van der Waals surface area (Å²) in [5.74, 6) is 0. The standard InChI is InChI=1S/C5H12O4S.H3N/c1-5(3-4-6)10(7,8)9-2;/h5-6H,3-4H2,1-2H3;1H3. The predicted octanol–water partition coefficient (Wildman–Crippen LogP) is -0.104. The minimum atomic E-state index is -3.42. The van der Waals surface area contributed by atoms with Gasteiger partial charge in [0.25, 0.3) is 10.1 Å². The molecule has 0 aliphatic carbocycles. The van der Waals surface area contributed by atoms with Crippen molar-refractivity contribution in [1.29, 1.82) is 0 Å². The quantitative estimate of drug-likeness (QED) is 0.596. The zero-order chi connectivity index (χ0) is 8.20. The molecule has 1 unspecified atom stereocenters. The fourth-order valence-corrected chi connectivity index (χ4v) is 1.21. The van der Waals surface area contributed by atoms with Crippen LogP contribution in [0, 0.1) is 0 Å². The Morgan fingerprint density at radius 3 is 2.27 bits per heavy atom. The van der Waals surface area contributed by atoms with E-state index in [1.165, 1.54) is 6.92 Å². The van der Waals surface area contributed by atoms with E-state index in [1.54, 1.807) is 0 Å². The number of hydrogen-bond donors (Lipinski definition) is 2. The summed E-state index contributed by atoms with van der Waals surface area (Å²) < 4.78 is 25.7. The Balaban J connectivity index is 0. The molecule has 0 aromatic carbocycles. The second kappa shape index (κ2) is 5.48. The molecule has 6 heteroatoms. The van der Waals surface area contributed by atoms with Gasteiger partial charge in [0.05, 0.1) is 12.4 Å². The number of rotatable bonds is 4. The summed E-state index contributed by atoms with van der Waals surface area (Å²) >= 11 is 0. The lowest BCUT2D eigenvalue weighted by molar-refractivity contribution is 0.282. The van der Waals surface area contributed by atoms with Crippen molar-refractivity contribution in [1.82, 2.24) is 6.15 Å².